The van der Waals surface area contributed by atoms with Crippen LogP contribution in [0.4, 0.5) is 5.69 Å². The van der Waals surface area contributed by atoms with Crippen molar-refractivity contribution in [1.82, 2.24) is 0 Å². The van der Waals surface area contributed by atoms with Gasteiger partial charge in [0, 0.05) is 6.42 Å². The highest BCUT2D eigenvalue weighted by Gasteiger charge is 2.28. The molecule has 0 unspecified atom stereocenters. The molecule has 0 N–H and O–H groups in total. The van der Waals surface area contributed by atoms with Gasteiger partial charge in [0.05, 0.1) is 24.0 Å². The van der Waals surface area contributed by atoms with E-state index in [0.717, 1.165) is 28.9 Å². The Morgan fingerprint density at radius 1 is 1.00 bits per heavy atom. The Labute approximate surface area is 199 Å². The number of hydrogen-bond donors (Lipinski definition) is 0. The van der Waals surface area contributed by atoms with Crippen LogP contribution < -0.4 is 5.01 Å². The fraction of sp³-hybridized carbons (Fsp3) is 0.138. The zero-order valence-electron chi connectivity index (χ0n) is 19.0. The van der Waals surface area contributed by atoms with Gasteiger partial charge in [-0.2, -0.15) is 10.4 Å². The largest absolute Gasteiger partial charge is 0.462 e. The predicted octanol–water partition coefficient (Wildman–Crippen LogP) is 6.18. The standard InChI is InChI=1S/C29H25N3O2/c1-2-34-29(33)25(21-30)19-23-14-17-27(18-15-23)32-28(24-11-7-4-8-12-24)20-26(31-32)16-13-22-9-5-3-6-10-22/h3-19,28H,2,20H2,1H3/b16-13+,25-19+/t28-/m0/s1. The molecule has 0 fully saturated rings. The zero-order valence-corrected chi connectivity index (χ0v) is 19.0. The molecule has 1 atom stereocenters. The molecule has 3 aromatic rings. The molecular weight excluding hydrogens is 422 g/mol. The van der Waals surface area contributed by atoms with Gasteiger partial charge in [-0.1, -0.05) is 78.9 Å². The first-order valence-electron chi connectivity index (χ1n) is 11.2. The lowest BCUT2D eigenvalue weighted by molar-refractivity contribution is -0.137. The third-order valence-electron chi connectivity index (χ3n) is 5.47. The Balaban J connectivity index is 1.61. The number of benzene rings is 3. The zero-order chi connectivity index (χ0) is 23.8. The minimum atomic E-state index is -0.614. The molecule has 1 aliphatic rings. The van der Waals surface area contributed by atoms with Gasteiger partial charge in [0.1, 0.15) is 11.6 Å². The molecule has 5 nitrogen and oxygen atoms in total. The fourth-order valence-corrected chi connectivity index (χ4v) is 3.80. The summed E-state index contributed by atoms with van der Waals surface area (Å²) in [6.07, 6.45) is 6.48. The minimum Gasteiger partial charge on any atom is -0.462 e. The number of ether oxygens (including phenoxy) is 1. The molecule has 0 saturated carbocycles. The van der Waals surface area contributed by atoms with Crippen LogP contribution in [0.2, 0.25) is 0 Å². The van der Waals surface area contributed by atoms with Crippen LogP contribution in [0.5, 0.6) is 0 Å². The van der Waals surface area contributed by atoms with Crippen LogP contribution in [0.3, 0.4) is 0 Å². The third kappa shape index (κ3) is 5.48. The average Bonchev–Trinajstić information content (AvgIpc) is 3.32. The molecule has 0 saturated heterocycles. The quantitative estimate of drug-likeness (QED) is 0.246. The molecule has 4 rings (SSSR count). The summed E-state index contributed by atoms with van der Waals surface area (Å²) in [6.45, 7) is 1.94. The van der Waals surface area contributed by atoms with Crippen molar-refractivity contribution in [3.05, 3.63) is 113 Å². The van der Waals surface area contributed by atoms with Crippen molar-refractivity contribution >= 4 is 29.5 Å². The number of carbonyl (C=O) groups is 1. The molecule has 0 spiro atoms. The van der Waals surface area contributed by atoms with Crippen molar-refractivity contribution in [2.75, 3.05) is 11.6 Å². The fourth-order valence-electron chi connectivity index (χ4n) is 3.80. The van der Waals surface area contributed by atoms with Crippen molar-refractivity contribution in [3.8, 4) is 6.07 Å². The first-order valence-corrected chi connectivity index (χ1v) is 11.2. The summed E-state index contributed by atoms with van der Waals surface area (Å²) in [5, 5.41) is 16.2. The summed E-state index contributed by atoms with van der Waals surface area (Å²) >= 11 is 0. The summed E-state index contributed by atoms with van der Waals surface area (Å²) in [7, 11) is 0. The van der Waals surface area contributed by atoms with E-state index in [-0.39, 0.29) is 18.2 Å². The second kappa shape index (κ2) is 10.9. The highest BCUT2D eigenvalue weighted by atomic mass is 16.5. The van der Waals surface area contributed by atoms with Gasteiger partial charge >= 0.3 is 5.97 Å². The first-order chi connectivity index (χ1) is 16.7. The lowest BCUT2D eigenvalue weighted by atomic mass is 10.0. The smallest absolute Gasteiger partial charge is 0.348 e. The van der Waals surface area contributed by atoms with Crippen LogP contribution in [0.15, 0.2) is 102 Å². The van der Waals surface area contributed by atoms with Crippen molar-refractivity contribution < 1.29 is 9.53 Å². The normalized spacial score (nSPS) is 15.8. The number of hydrazone groups is 1. The minimum absolute atomic E-state index is 0.0238. The summed E-state index contributed by atoms with van der Waals surface area (Å²) in [5.41, 5.74) is 4.97. The third-order valence-corrected chi connectivity index (χ3v) is 5.47. The second-order valence-electron chi connectivity index (χ2n) is 7.79. The van der Waals surface area contributed by atoms with E-state index in [1.54, 1.807) is 6.92 Å². The van der Waals surface area contributed by atoms with Gasteiger partial charge in [0.25, 0.3) is 0 Å². The van der Waals surface area contributed by atoms with E-state index in [2.05, 4.69) is 36.4 Å². The van der Waals surface area contributed by atoms with Crippen molar-refractivity contribution in [2.24, 2.45) is 5.10 Å². The van der Waals surface area contributed by atoms with Crippen LogP contribution >= 0.6 is 0 Å². The number of esters is 1. The number of anilines is 1. The van der Waals surface area contributed by atoms with Crippen LogP contribution in [-0.4, -0.2) is 18.3 Å². The highest BCUT2D eigenvalue weighted by molar-refractivity contribution is 6.01. The maximum Gasteiger partial charge on any atom is 0.348 e. The number of carbonyl (C=O) groups excluding carboxylic acids is 1. The number of hydrogen-bond acceptors (Lipinski definition) is 5. The molecule has 168 valence electrons. The maximum absolute atomic E-state index is 11.9. The Morgan fingerprint density at radius 2 is 1.68 bits per heavy atom. The molecule has 0 aromatic heterocycles. The molecule has 0 radical (unpaired) electrons. The molecule has 34 heavy (non-hydrogen) atoms. The van der Waals surface area contributed by atoms with E-state index in [1.165, 1.54) is 11.6 Å². The summed E-state index contributed by atoms with van der Waals surface area (Å²) in [6, 6.07) is 30.1. The van der Waals surface area contributed by atoms with Crippen LogP contribution in [0, 0.1) is 11.3 Å². The van der Waals surface area contributed by atoms with Gasteiger partial charge in [-0.3, -0.25) is 5.01 Å². The lowest BCUT2D eigenvalue weighted by Gasteiger charge is -2.24. The molecule has 1 heterocycles. The number of nitriles is 1. The van der Waals surface area contributed by atoms with Crippen molar-refractivity contribution in [3.63, 3.8) is 0 Å². The van der Waals surface area contributed by atoms with Gasteiger partial charge in [0.2, 0.25) is 0 Å². The number of rotatable bonds is 7. The van der Waals surface area contributed by atoms with E-state index in [0.29, 0.717) is 0 Å². The summed E-state index contributed by atoms with van der Waals surface area (Å²) in [4.78, 5) is 11.9. The highest BCUT2D eigenvalue weighted by Crippen LogP contribution is 2.35. The maximum atomic E-state index is 11.9. The molecule has 1 aliphatic heterocycles. The molecule has 0 aliphatic carbocycles. The van der Waals surface area contributed by atoms with E-state index in [9.17, 15) is 10.1 Å². The summed E-state index contributed by atoms with van der Waals surface area (Å²) < 4.78 is 4.94. The van der Waals surface area contributed by atoms with Gasteiger partial charge in [-0.15, -0.1) is 0 Å². The topological polar surface area (TPSA) is 65.7 Å². The van der Waals surface area contributed by atoms with E-state index < -0.39 is 5.97 Å². The molecule has 0 amide bonds. The van der Waals surface area contributed by atoms with E-state index in [4.69, 9.17) is 9.84 Å². The van der Waals surface area contributed by atoms with E-state index in [1.807, 2.05) is 71.7 Å². The van der Waals surface area contributed by atoms with Crippen molar-refractivity contribution in [2.45, 2.75) is 19.4 Å². The molecule has 0 bridgehead atoms. The van der Waals surface area contributed by atoms with Crippen molar-refractivity contribution in [1.29, 1.82) is 5.26 Å². The van der Waals surface area contributed by atoms with Gasteiger partial charge < -0.3 is 4.74 Å². The Hall–Kier alpha value is -4.43. The molecular formula is C29H25N3O2. The van der Waals surface area contributed by atoms with Crippen LogP contribution in [-0.2, 0) is 9.53 Å². The average molecular weight is 448 g/mol. The number of allylic oxidation sites excluding steroid dienone is 1. The SMILES string of the molecule is CCOC(=O)/C(C#N)=C/c1ccc(N2N=C(/C=C/c3ccccc3)C[C@H]2c2ccccc2)cc1. The lowest BCUT2D eigenvalue weighted by Crippen LogP contribution is -2.18. The predicted molar refractivity (Wildman–Crippen MR) is 136 cm³/mol. The second-order valence-corrected chi connectivity index (χ2v) is 7.79. The Morgan fingerprint density at radius 3 is 2.32 bits per heavy atom. The van der Waals surface area contributed by atoms with E-state index >= 15 is 0 Å². The first kappa shape index (κ1) is 22.8. The van der Waals surface area contributed by atoms with Crippen LogP contribution in [0.1, 0.15) is 36.1 Å². The Bertz CT molecular complexity index is 1250. The van der Waals surface area contributed by atoms with Crippen LogP contribution in [0.25, 0.3) is 12.2 Å². The number of nitrogens with zero attached hydrogens (tertiary/aromatic N) is 3. The van der Waals surface area contributed by atoms with Gasteiger partial charge in [0.15, 0.2) is 0 Å². The molecule has 5 heteroatoms. The Kier molecular flexibility index (Phi) is 7.32. The molecule has 3 aromatic carbocycles. The van der Waals surface area contributed by atoms with Gasteiger partial charge in [-0.25, -0.2) is 4.79 Å². The summed E-state index contributed by atoms with van der Waals surface area (Å²) in [5.74, 6) is -0.614. The van der Waals surface area contributed by atoms with Gasteiger partial charge in [-0.05, 0) is 47.9 Å². The monoisotopic (exact) mass is 447 g/mol.